The van der Waals surface area contributed by atoms with Crippen molar-refractivity contribution >= 4 is 23.2 Å². The first-order valence-corrected chi connectivity index (χ1v) is 5.54. The van der Waals surface area contributed by atoms with Crippen LogP contribution in [0.3, 0.4) is 0 Å². The van der Waals surface area contributed by atoms with Gasteiger partial charge in [0.25, 0.3) is 0 Å². The number of likely N-dealkylation sites (N-methyl/N-ethyl adjacent to an activating group) is 1. The first-order chi connectivity index (χ1) is 6.97. The van der Waals surface area contributed by atoms with E-state index in [1.54, 1.807) is 0 Å². The summed E-state index contributed by atoms with van der Waals surface area (Å²) < 4.78 is 13.3. The summed E-state index contributed by atoms with van der Waals surface area (Å²) >= 11 is 11.6. The predicted molar refractivity (Wildman–Crippen MR) is 63.4 cm³/mol. The molecule has 0 saturated carbocycles. The standard InChI is InChI=1S/C11H14Cl2FN/c1-6(7(2)15-3)8-4-11(14)10(13)5-9(8)12/h4-7,15H,1-3H3. The van der Waals surface area contributed by atoms with E-state index in [1.165, 1.54) is 12.1 Å². The van der Waals surface area contributed by atoms with E-state index in [2.05, 4.69) is 5.32 Å². The summed E-state index contributed by atoms with van der Waals surface area (Å²) in [6.07, 6.45) is 0. The average molecular weight is 250 g/mol. The lowest BCUT2D eigenvalue weighted by molar-refractivity contribution is 0.520. The predicted octanol–water partition coefficient (Wildman–Crippen LogP) is 3.84. The Hall–Kier alpha value is -0.310. The van der Waals surface area contributed by atoms with Gasteiger partial charge in [0.2, 0.25) is 0 Å². The molecule has 2 atom stereocenters. The van der Waals surface area contributed by atoms with Crippen LogP contribution in [-0.2, 0) is 0 Å². The van der Waals surface area contributed by atoms with Crippen LogP contribution in [0.1, 0.15) is 25.3 Å². The molecule has 1 rings (SSSR count). The van der Waals surface area contributed by atoms with Crippen molar-refractivity contribution < 1.29 is 4.39 Å². The van der Waals surface area contributed by atoms with Gasteiger partial charge >= 0.3 is 0 Å². The fraction of sp³-hybridized carbons (Fsp3) is 0.455. The van der Waals surface area contributed by atoms with Gasteiger partial charge < -0.3 is 5.32 Å². The molecule has 0 bridgehead atoms. The van der Waals surface area contributed by atoms with E-state index in [0.29, 0.717) is 5.02 Å². The van der Waals surface area contributed by atoms with E-state index >= 15 is 0 Å². The molecule has 1 aromatic carbocycles. The molecule has 0 aromatic heterocycles. The first kappa shape index (κ1) is 12.8. The molecule has 1 N–H and O–H groups in total. The van der Waals surface area contributed by atoms with Gasteiger partial charge in [-0.3, -0.25) is 0 Å². The van der Waals surface area contributed by atoms with Crippen LogP contribution in [0.5, 0.6) is 0 Å². The molecule has 0 heterocycles. The Balaban J connectivity index is 3.09. The van der Waals surface area contributed by atoms with Gasteiger partial charge in [-0.15, -0.1) is 0 Å². The lowest BCUT2D eigenvalue weighted by Gasteiger charge is -2.21. The van der Waals surface area contributed by atoms with E-state index in [1.807, 2.05) is 20.9 Å². The molecule has 1 nitrogen and oxygen atoms in total. The third-order valence-electron chi connectivity index (χ3n) is 2.74. The summed E-state index contributed by atoms with van der Waals surface area (Å²) in [5, 5.41) is 3.68. The molecule has 0 saturated heterocycles. The normalized spacial score (nSPS) is 15.1. The van der Waals surface area contributed by atoms with Gasteiger partial charge in [0.05, 0.1) is 5.02 Å². The highest BCUT2D eigenvalue weighted by molar-refractivity contribution is 6.35. The van der Waals surface area contributed by atoms with E-state index in [0.717, 1.165) is 5.56 Å². The molecule has 84 valence electrons. The van der Waals surface area contributed by atoms with Crippen LogP contribution in [0.25, 0.3) is 0 Å². The van der Waals surface area contributed by atoms with Crippen LogP contribution in [0.4, 0.5) is 4.39 Å². The third-order valence-corrected chi connectivity index (χ3v) is 3.35. The third kappa shape index (κ3) is 2.83. The first-order valence-electron chi connectivity index (χ1n) is 4.79. The van der Waals surface area contributed by atoms with Gasteiger partial charge in [0.15, 0.2) is 0 Å². The van der Waals surface area contributed by atoms with Crippen molar-refractivity contribution in [1.82, 2.24) is 5.32 Å². The van der Waals surface area contributed by atoms with Crippen molar-refractivity contribution in [3.8, 4) is 0 Å². The van der Waals surface area contributed by atoms with Crippen LogP contribution < -0.4 is 5.32 Å². The molecular weight excluding hydrogens is 236 g/mol. The lowest BCUT2D eigenvalue weighted by atomic mass is 9.94. The van der Waals surface area contributed by atoms with Crippen molar-refractivity contribution in [3.63, 3.8) is 0 Å². The number of rotatable bonds is 3. The molecule has 4 heteroatoms. The zero-order valence-corrected chi connectivity index (χ0v) is 10.5. The van der Waals surface area contributed by atoms with Gasteiger partial charge in [0.1, 0.15) is 5.82 Å². The Bertz CT molecular complexity index is 355. The van der Waals surface area contributed by atoms with Crippen molar-refractivity contribution in [2.24, 2.45) is 0 Å². The molecule has 2 unspecified atom stereocenters. The van der Waals surface area contributed by atoms with Crippen molar-refractivity contribution in [1.29, 1.82) is 0 Å². The number of halogens is 3. The van der Waals surface area contributed by atoms with E-state index in [-0.39, 0.29) is 17.0 Å². The summed E-state index contributed by atoms with van der Waals surface area (Å²) in [5.41, 5.74) is 0.778. The number of hydrogen-bond donors (Lipinski definition) is 1. The van der Waals surface area contributed by atoms with E-state index in [4.69, 9.17) is 23.2 Å². The van der Waals surface area contributed by atoms with Crippen molar-refractivity contribution in [2.45, 2.75) is 25.8 Å². The second-order valence-electron chi connectivity index (χ2n) is 3.65. The minimum atomic E-state index is -0.425. The summed E-state index contributed by atoms with van der Waals surface area (Å²) in [6, 6.07) is 3.08. The highest BCUT2D eigenvalue weighted by Gasteiger charge is 2.17. The lowest BCUT2D eigenvalue weighted by Crippen LogP contribution is -2.27. The van der Waals surface area contributed by atoms with Crippen molar-refractivity contribution in [2.75, 3.05) is 7.05 Å². The monoisotopic (exact) mass is 249 g/mol. The smallest absolute Gasteiger partial charge is 0.142 e. The molecule has 0 aliphatic carbocycles. The highest BCUT2D eigenvalue weighted by Crippen LogP contribution is 2.31. The molecule has 0 spiro atoms. The summed E-state index contributed by atoms with van der Waals surface area (Å²) in [5.74, 6) is -0.291. The number of nitrogens with one attached hydrogen (secondary N) is 1. The van der Waals surface area contributed by atoms with Crippen LogP contribution in [-0.4, -0.2) is 13.1 Å². The van der Waals surface area contributed by atoms with Gasteiger partial charge in [-0.05, 0) is 37.6 Å². The van der Waals surface area contributed by atoms with E-state index < -0.39 is 5.82 Å². The molecule has 1 aromatic rings. The van der Waals surface area contributed by atoms with Gasteiger partial charge in [0, 0.05) is 11.1 Å². The minimum Gasteiger partial charge on any atom is -0.317 e. The van der Waals surface area contributed by atoms with E-state index in [9.17, 15) is 4.39 Å². The summed E-state index contributed by atoms with van der Waals surface area (Å²) in [4.78, 5) is 0. The maximum atomic E-state index is 13.3. The zero-order chi connectivity index (χ0) is 11.6. The van der Waals surface area contributed by atoms with Gasteiger partial charge in [-0.1, -0.05) is 30.1 Å². The fourth-order valence-electron chi connectivity index (χ4n) is 1.41. The summed E-state index contributed by atoms with van der Waals surface area (Å²) in [6.45, 7) is 4.02. The largest absolute Gasteiger partial charge is 0.317 e. The molecular formula is C11H14Cl2FN. The molecule has 0 amide bonds. The highest BCUT2D eigenvalue weighted by atomic mass is 35.5. The Labute approximate surface area is 99.6 Å². The molecule has 0 aliphatic heterocycles. The Morgan fingerprint density at radius 1 is 1.20 bits per heavy atom. The number of benzene rings is 1. The summed E-state index contributed by atoms with van der Waals surface area (Å²) in [7, 11) is 1.86. The Morgan fingerprint density at radius 3 is 2.33 bits per heavy atom. The molecule has 0 aliphatic rings. The Morgan fingerprint density at radius 2 is 1.80 bits per heavy atom. The second-order valence-corrected chi connectivity index (χ2v) is 4.47. The van der Waals surface area contributed by atoms with Crippen LogP contribution in [0.2, 0.25) is 10.0 Å². The fourth-order valence-corrected chi connectivity index (χ4v) is 1.96. The average Bonchev–Trinajstić information content (AvgIpc) is 2.21. The SMILES string of the molecule is CNC(C)C(C)c1cc(F)c(Cl)cc1Cl. The molecule has 15 heavy (non-hydrogen) atoms. The van der Waals surface area contributed by atoms with Crippen LogP contribution in [0, 0.1) is 5.82 Å². The number of hydrogen-bond acceptors (Lipinski definition) is 1. The minimum absolute atomic E-state index is 0.0630. The molecule has 0 fully saturated rings. The maximum absolute atomic E-state index is 13.3. The van der Waals surface area contributed by atoms with Gasteiger partial charge in [-0.25, -0.2) is 4.39 Å². The zero-order valence-electron chi connectivity index (χ0n) is 8.94. The van der Waals surface area contributed by atoms with Gasteiger partial charge in [-0.2, -0.15) is 0 Å². The molecule has 0 radical (unpaired) electrons. The maximum Gasteiger partial charge on any atom is 0.142 e. The van der Waals surface area contributed by atoms with Crippen molar-refractivity contribution in [3.05, 3.63) is 33.6 Å². The van der Waals surface area contributed by atoms with Crippen LogP contribution >= 0.6 is 23.2 Å². The van der Waals surface area contributed by atoms with Crippen LogP contribution in [0.15, 0.2) is 12.1 Å². The Kier molecular flexibility index (Phi) is 4.38. The topological polar surface area (TPSA) is 12.0 Å². The second kappa shape index (κ2) is 5.15. The quantitative estimate of drug-likeness (QED) is 0.803.